The summed E-state index contributed by atoms with van der Waals surface area (Å²) in [5.41, 5.74) is -0.134. The zero-order valence-corrected chi connectivity index (χ0v) is 11.4. The lowest BCUT2D eigenvalue weighted by Gasteiger charge is -2.18. The van der Waals surface area contributed by atoms with Crippen LogP contribution < -0.4 is 4.72 Å². The van der Waals surface area contributed by atoms with Gasteiger partial charge in [0.2, 0.25) is 10.0 Å². The van der Waals surface area contributed by atoms with Crippen LogP contribution in [0.5, 0.6) is 0 Å². The van der Waals surface area contributed by atoms with Crippen LogP contribution in [0.15, 0.2) is 15.4 Å². The minimum absolute atomic E-state index is 0.0887. The van der Waals surface area contributed by atoms with Crippen LogP contribution in [0.4, 0.5) is 0 Å². The summed E-state index contributed by atoms with van der Waals surface area (Å²) in [5.74, 6) is 0.536. The zero-order chi connectivity index (χ0) is 13.3. The molecule has 2 N–H and O–H groups in total. The minimum atomic E-state index is -3.57. The molecule has 0 amide bonds. The summed E-state index contributed by atoms with van der Waals surface area (Å²) in [4.78, 5) is 0.0887. The van der Waals surface area contributed by atoms with Crippen molar-refractivity contribution in [2.75, 3.05) is 6.54 Å². The van der Waals surface area contributed by atoms with E-state index in [9.17, 15) is 8.42 Å². The Bertz CT molecular complexity index is 482. The Morgan fingerprint density at radius 3 is 2.41 bits per heavy atom. The number of hydrogen-bond donors (Lipinski definition) is 2. The van der Waals surface area contributed by atoms with E-state index >= 15 is 0 Å². The first-order chi connectivity index (χ1) is 7.65. The van der Waals surface area contributed by atoms with Crippen LogP contribution in [-0.4, -0.2) is 20.1 Å². The molecule has 98 valence electrons. The van der Waals surface area contributed by atoms with Gasteiger partial charge >= 0.3 is 0 Å². The second-order valence-corrected chi connectivity index (χ2v) is 6.91. The van der Waals surface area contributed by atoms with Gasteiger partial charge in [0.15, 0.2) is 0 Å². The molecule has 0 aromatic carbocycles. The molecule has 6 heteroatoms. The van der Waals surface area contributed by atoms with Crippen LogP contribution >= 0.6 is 0 Å². The van der Waals surface area contributed by atoms with Gasteiger partial charge in [-0.25, -0.2) is 13.1 Å². The first kappa shape index (κ1) is 14.2. The van der Waals surface area contributed by atoms with Gasteiger partial charge in [0.05, 0.1) is 0 Å². The Labute approximate surface area is 102 Å². The number of rotatable bonds is 4. The molecule has 0 saturated heterocycles. The van der Waals surface area contributed by atoms with Crippen molar-refractivity contribution in [3.63, 3.8) is 0 Å². The lowest BCUT2D eigenvalue weighted by atomic mass is 9.98. The molecular formula is C11H19NO4S. The van der Waals surface area contributed by atoms with Crippen molar-refractivity contribution in [1.29, 1.82) is 0 Å². The lowest BCUT2D eigenvalue weighted by molar-refractivity contribution is 0.244. The zero-order valence-electron chi connectivity index (χ0n) is 10.6. The SMILES string of the molecule is Cc1oc(CO)cc1S(=O)(=O)NCC(C)(C)C. The summed E-state index contributed by atoms with van der Waals surface area (Å²) in [6, 6.07) is 1.35. The summed E-state index contributed by atoms with van der Waals surface area (Å²) in [7, 11) is -3.57. The van der Waals surface area contributed by atoms with Gasteiger partial charge in [-0.3, -0.25) is 0 Å². The molecule has 0 fully saturated rings. The highest BCUT2D eigenvalue weighted by Crippen LogP contribution is 2.21. The van der Waals surface area contributed by atoms with Gasteiger partial charge in [-0.2, -0.15) is 0 Å². The highest BCUT2D eigenvalue weighted by atomic mass is 32.2. The van der Waals surface area contributed by atoms with Crippen LogP contribution in [0.1, 0.15) is 32.3 Å². The number of nitrogens with one attached hydrogen (secondary N) is 1. The van der Waals surface area contributed by atoms with Gasteiger partial charge in [0.25, 0.3) is 0 Å². The van der Waals surface area contributed by atoms with Gasteiger partial charge in [-0.1, -0.05) is 20.8 Å². The summed E-state index contributed by atoms with van der Waals surface area (Å²) in [6.07, 6.45) is 0. The van der Waals surface area contributed by atoms with Crippen LogP contribution in [0.2, 0.25) is 0 Å². The van der Waals surface area contributed by atoms with Gasteiger partial charge in [-0.15, -0.1) is 0 Å². The lowest BCUT2D eigenvalue weighted by Crippen LogP contribution is -2.32. The second-order valence-electron chi connectivity index (χ2n) is 5.18. The smallest absolute Gasteiger partial charge is 0.244 e. The number of aliphatic hydroxyl groups is 1. The Balaban J connectivity index is 2.93. The second kappa shape index (κ2) is 4.80. The van der Waals surface area contributed by atoms with Crippen molar-refractivity contribution in [3.8, 4) is 0 Å². The molecule has 0 atom stereocenters. The summed E-state index contributed by atoms with van der Waals surface area (Å²) in [5, 5.41) is 8.89. The number of hydrogen-bond acceptors (Lipinski definition) is 4. The Hall–Kier alpha value is -0.850. The van der Waals surface area contributed by atoms with Gasteiger partial charge in [0.1, 0.15) is 23.0 Å². The molecule has 1 rings (SSSR count). The van der Waals surface area contributed by atoms with Crippen molar-refractivity contribution in [2.24, 2.45) is 5.41 Å². The van der Waals surface area contributed by atoms with E-state index in [0.29, 0.717) is 6.54 Å². The first-order valence-electron chi connectivity index (χ1n) is 5.35. The fourth-order valence-corrected chi connectivity index (χ4v) is 2.74. The third kappa shape index (κ3) is 3.83. The molecule has 1 aromatic heterocycles. The highest BCUT2D eigenvalue weighted by Gasteiger charge is 2.23. The largest absolute Gasteiger partial charge is 0.462 e. The van der Waals surface area contributed by atoms with Crippen molar-refractivity contribution in [3.05, 3.63) is 17.6 Å². The Morgan fingerprint density at radius 1 is 1.41 bits per heavy atom. The highest BCUT2D eigenvalue weighted by molar-refractivity contribution is 7.89. The predicted octanol–water partition coefficient (Wildman–Crippen LogP) is 1.40. The Morgan fingerprint density at radius 2 is 2.00 bits per heavy atom. The van der Waals surface area contributed by atoms with Gasteiger partial charge in [-0.05, 0) is 12.3 Å². The van der Waals surface area contributed by atoms with E-state index in [1.54, 1.807) is 6.92 Å². The molecule has 17 heavy (non-hydrogen) atoms. The summed E-state index contributed by atoms with van der Waals surface area (Å²) in [6.45, 7) is 7.42. The molecule has 0 bridgehead atoms. The number of aryl methyl sites for hydroxylation is 1. The quantitative estimate of drug-likeness (QED) is 0.858. The van der Waals surface area contributed by atoms with Crippen LogP contribution in [0, 0.1) is 12.3 Å². The maximum Gasteiger partial charge on any atom is 0.244 e. The standard InChI is InChI=1S/C11H19NO4S/c1-8-10(5-9(6-13)16-8)17(14,15)12-7-11(2,3)4/h5,12-13H,6-7H2,1-4H3. The van der Waals surface area contributed by atoms with E-state index in [1.807, 2.05) is 20.8 Å². The van der Waals surface area contributed by atoms with E-state index in [1.165, 1.54) is 6.07 Å². The summed E-state index contributed by atoms with van der Waals surface area (Å²) < 4.78 is 31.6. The molecule has 0 aliphatic rings. The maximum absolute atomic E-state index is 12.0. The predicted molar refractivity (Wildman–Crippen MR) is 64.0 cm³/mol. The average Bonchev–Trinajstić information content (AvgIpc) is 2.57. The molecule has 5 nitrogen and oxygen atoms in total. The maximum atomic E-state index is 12.0. The molecule has 0 spiro atoms. The molecule has 0 aliphatic heterocycles. The first-order valence-corrected chi connectivity index (χ1v) is 6.84. The summed E-state index contributed by atoms with van der Waals surface area (Å²) >= 11 is 0. The van der Waals surface area contributed by atoms with E-state index in [0.717, 1.165) is 0 Å². The fourth-order valence-electron chi connectivity index (χ4n) is 1.26. The third-order valence-corrected chi connectivity index (χ3v) is 3.67. The minimum Gasteiger partial charge on any atom is -0.462 e. The van der Waals surface area contributed by atoms with Crippen molar-refractivity contribution >= 4 is 10.0 Å². The third-order valence-electron chi connectivity index (χ3n) is 2.16. The molecule has 0 unspecified atom stereocenters. The van der Waals surface area contributed by atoms with Crippen molar-refractivity contribution < 1.29 is 17.9 Å². The fraction of sp³-hybridized carbons (Fsp3) is 0.636. The van der Waals surface area contributed by atoms with Crippen LogP contribution in [0.25, 0.3) is 0 Å². The molecular weight excluding hydrogens is 242 g/mol. The molecule has 1 heterocycles. The molecule has 0 aliphatic carbocycles. The van der Waals surface area contributed by atoms with E-state index in [-0.39, 0.29) is 28.4 Å². The number of sulfonamides is 1. The molecule has 0 radical (unpaired) electrons. The monoisotopic (exact) mass is 261 g/mol. The normalized spacial score (nSPS) is 13.0. The van der Waals surface area contributed by atoms with E-state index < -0.39 is 10.0 Å². The number of furan rings is 1. The van der Waals surface area contributed by atoms with E-state index in [2.05, 4.69) is 4.72 Å². The number of aliphatic hydroxyl groups excluding tert-OH is 1. The van der Waals surface area contributed by atoms with Gasteiger partial charge < -0.3 is 9.52 Å². The van der Waals surface area contributed by atoms with Crippen LogP contribution in [0.3, 0.4) is 0 Å². The molecule has 1 aromatic rings. The molecule has 0 saturated carbocycles. The van der Waals surface area contributed by atoms with Crippen molar-refractivity contribution in [1.82, 2.24) is 4.72 Å². The topological polar surface area (TPSA) is 79.5 Å². The average molecular weight is 261 g/mol. The van der Waals surface area contributed by atoms with Crippen LogP contribution in [-0.2, 0) is 16.6 Å². The van der Waals surface area contributed by atoms with Gasteiger partial charge in [0, 0.05) is 12.6 Å². The van der Waals surface area contributed by atoms with E-state index in [4.69, 9.17) is 9.52 Å². The van der Waals surface area contributed by atoms with Crippen molar-refractivity contribution in [2.45, 2.75) is 39.2 Å². The Kier molecular flexibility index (Phi) is 4.01.